The van der Waals surface area contributed by atoms with E-state index in [2.05, 4.69) is 6.07 Å². The molecule has 0 atom stereocenters. The Balaban J connectivity index is 1.95. The van der Waals surface area contributed by atoms with Gasteiger partial charge < -0.3 is 10.0 Å². The highest BCUT2D eigenvalue weighted by molar-refractivity contribution is 5.96. The first-order valence-corrected chi connectivity index (χ1v) is 5.90. The van der Waals surface area contributed by atoms with Crippen molar-refractivity contribution in [1.82, 2.24) is 0 Å². The molecule has 1 amide bonds. The van der Waals surface area contributed by atoms with E-state index in [0.29, 0.717) is 13.0 Å². The fourth-order valence-electron chi connectivity index (χ4n) is 2.27. The Morgan fingerprint density at radius 1 is 0.944 bits per heavy atom. The minimum absolute atomic E-state index is 0.0967. The third kappa shape index (κ3) is 1.84. The van der Waals surface area contributed by atoms with Gasteiger partial charge in [0.2, 0.25) is 5.91 Å². The van der Waals surface area contributed by atoms with Gasteiger partial charge in [-0.25, -0.2) is 0 Å². The average molecular weight is 239 g/mol. The third-order valence-electron chi connectivity index (χ3n) is 3.25. The lowest BCUT2D eigenvalue weighted by atomic mass is 9.99. The van der Waals surface area contributed by atoms with Crippen LogP contribution in [0.1, 0.15) is 11.1 Å². The van der Waals surface area contributed by atoms with Crippen LogP contribution in [0.25, 0.3) is 0 Å². The zero-order chi connectivity index (χ0) is 12.5. The molecule has 2 aromatic carbocycles. The molecule has 1 N–H and O–H groups in total. The van der Waals surface area contributed by atoms with E-state index < -0.39 is 0 Å². The first-order valence-electron chi connectivity index (χ1n) is 5.90. The lowest BCUT2D eigenvalue weighted by Gasteiger charge is -2.28. The lowest BCUT2D eigenvalue weighted by molar-refractivity contribution is -0.118. The topological polar surface area (TPSA) is 40.5 Å². The Morgan fingerprint density at radius 3 is 2.33 bits per heavy atom. The summed E-state index contributed by atoms with van der Waals surface area (Å²) in [6.07, 6.45) is 0.442. The molecular weight excluding hydrogens is 226 g/mol. The summed E-state index contributed by atoms with van der Waals surface area (Å²) < 4.78 is 0. The molecule has 18 heavy (non-hydrogen) atoms. The molecule has 2 aromatic rings. The van der Waals surface area contributed by atoms with E-state index in [1.54, 1.807) is 29.2 Å². The van der Waals surface area contributed by atoms with Gasteiger partial charge in [0.1, 0.15) is 5.75 Å². The van der Waals surface area contributed by atoms with Crippen molar-refractivity contribution in [3.8, 4) is 5.75 Å². The van der Waals surface area contributed by atoms with Gasteiger partial charge in [0.15, 0.2) is 0 Å². The number of nitrogens with zero attached hydrogens (tertiary/aromatic N) is 1. The summed E-state index contributed by atoms with van der Waals surface area (Å²) in [5.74, 6) is 0.308. The highest BCUT2D eigenvalue weighted by atomic mass is 16.3. The lowest BCUT2D eigenvalue weighted by Crippen LogP contribution is -2.36. The standard InChI is InChI=1S/C15H13NO2/c17-14-7-5-13(6-8-14)16-10-12-4-2-1-3-11(12)9-15(16)18/h1-8,17H,9-10H2. The quantitative estimate of drug-likeness (QED) is 0.830. The molecule has 0 aliphatic carbocycles. The average Bonchev–Trinajstić information content (AvgIpc) is 2.39. The Morgan fingerprint density at radius 2 is 1.61 bits per heavy atom. The summed E-state index contributed by atoms with van der Waals surface area (Å²) in [5.41, 5.74) is 3.12. The van der Waals surface area contributed by atoms with Crippen LogP contribution >= 0.6 is 0 Å². The van der Waals surface area contributed by atoms with Gasteiger partial charge in [0.25, 0.3) is 0 Å². The summed E-state index contributed by atoms with van der Waals surface area (Å²) in [5, 5.41) is 9.28. The van der Waals surface area contributed by atoms with Crippen molar-refractivity contribution in [1.29, 1.82) is 0 Å². The van der Waals surface area contributed by atoms with E-state index in [9.17, 15) is 9.90 Å². The van der Waals surface area contributed by atoms with Gasteiger partial charge in [0.05, 0.1) is 13.0 Å². The maximum atomic E-state index is 12.1. The van der Waals surface area contributed by atoms with Crippen LogP contribution in [0, 0.1) is 0 Å². The van der Waals surface area contributed by atoms with E-state index in [-0.39, 0.29) is 11.7 Å². The van der Waals surface area contributed by atoms with Crippen LogP contribution in [0.15, 0.2) is 48.5 Å². The molecule has 3 heteroatoms. The molecule has 0 radical (unpaired) electrons. The van der Waals surface area contributed by atoms with Crippen molar-refractivity contribution in [2.45, 2.75) is 13.0 Å². The second-order valence-corrected chi connectivity index (χ2v) is 4.44. The maximum Gasteiger partial charge on any atom is 0.231 e. The molecule has 3 nitrogen and oxygen atoms in total. The normalized spacial score (nSPS) is 14.4. The molecule has 1 aliphatic rings. The van der Waals surface area contributed by atoms with E-state index in [4.69, 9.17) is 0 Å². The number of anilines is 1. The van der Waals surface area contributed by atoms with Crippen molar-refractivity contribution in [2.24, 2.45) is 0 Å². The molecular formula is C15H13NO2. The van der Waals surface area contributed by atoms with Gasteiger partial charge >= 0.3 is 0 Å². The summed E-state index contributed by atoms with van der Waals surface area (Å²) in [7, 11) is 0. The zero-order valence-electron chi connectivity index (χ0n) is 9.84. The number of carbonyl (C=O) groups is 1. The van der Waals surface area contributed by atoms with Crippen LogP contribution in [0.2, 0.25) is 0 Å². The van der Waals surface area contributed by atoms with Crippen molar-refractivity contribution in [3.05, 3.63) is 59.7 Å². The molecule has 0 fully saturated rings. The van der Waals surface area contributed by atoms with Gasteiger partial charge in [-0.3, -0.25) is 4.79 Å². The second-order valence-electron chi connectivity index (χ2n) is 4.44. The Bertz CT molecular complexity index is 590. The van der Waals surface area contributed by atoms with Crippen LogP contribution < -0.4 is 4.90 Å². The van der Waals surface area contributed by atoms with Gasteiger partial charge in [0, 0.05) is 5.69 Å². The molecule has 0 unspecified atom stereocenters. The van der Waals surface area contributed by atoms with E-state index >= 15 is 0 Å². The number of phenols is 1. The highest BCUT2D eigenvalue weighted by Gasteiger charge is 2.23. The maximum absolute atomic E-state index is 12.1. The van der Waals surface area contributed by atoms with Crippen molar-refractivity contribution in [3.63, 3.8) is 0 Å². The number of carbonyl (C=O) groups excluding carboxylic acids is 1. The Kier molecular flexibility index (Phi) is 2.52. The first kappa shape index (κ1) is 10.8. The Hall–Kier alpha value is -2.29. The first-order chi connectivity index (χ1) is 8.74. The molecule has 0 spiro atoms. The summed E-state index contributed by atoms with van der Waals surface area (Å²) in [6.45, 7) is 0.597. The molecule has 90 valence electrons. The number of hydrogen-bond donors (Lipinski definition) is 1. The van der Waals surface area contributed by atoms with Gasteiger partial charge in [-0.05, 0) is 35.4 Å². The van der Waals surface area contributed by atoms with E-state index in [1.165, 1.54) is 5.56 Å². The zero-order valence-corrected chi connectivity index (χ0v) is 9.84. The fourth-order valence-corrected chi connectivity index (χ4v) is 2.27. The van der Waals surface area contributed by atoms with Gasteiger partial charge in [-0.1, -0.05) is 24.3 Å². The minimum atomic E-state index is 0.0967. The largest absolute Gasteiger partial charge is 0.508 e. The van der Waals surface area contributed by atoms with Crippen LogP contribution in [0.3, 0.4) is 0 Å². The van der Waals surface area contributed by atoms with Crippen molar-refractivity contribution < 1.29 is 9.90 Å². The monoisotopic (exact) mass is 239 g/mol. The minimum Gasteiger partial charge on any atom is -0.508 e. The van der Waals surface area contributed by atoms with Gasteiger partial charge in [-0.15, -0.1) is 0 Å². The van der Waals surface area contributed by atoms with E-state index in [1.807, 2.05) is 18.2 Å². The summed E-state index contributed by atoms with van der Waals surface area (Å²) >= 11 is 0. The molecule has 0 saturated carbocycles. The predicted octanol–water partition coefficient (Wildman–Crippen LogP) is 2.48. The fraction of sp³-hybridized carbons (Fsp3) is 0.133. The number of benzene rings is 2. The number of rotatable bonds is 1. The number of fused-ring (bicyclic) bond motifs is 1. The molecule has 0 saturated heterocycles. The number of hydrogen-bond acceptors (Lipinski definition) is 2. The summed E-state index contributed by atoms with van der Waals surface area (Å²) in [4.78, 5) is 13.9. The van der Waals surface area contributed by atoms with Crippen molar-refractivity contribution in [2.75, 3.05) is 4.90 Å². The number of amides is 1. The second kappa shape index (κ2) is 4.18. The Labute approximate surface area is 105 Å². The van der Waals surface area contributed by atoms with Crippen molar-refractivity contribution >= 4 is 11.6 Å². The van der Waals surface area contributed by atoms with Gasteiger partial charge in [-0.2, -0.15) is 0 Å². The molecule has 1 heterocycles. The molecule has 0 aromatic heterocycles. The van der Waals surface area contributed by atoms with Crippen LogP contribution in [0.5, 0.6) is 5.75 Å². The predicted molar refractivity (Wildman–Crippen MR) is 69.4 cm³/mol. The summed E-state index contributed by atoms with van der Waals surface area (Å²) in [6, 6.07) is 14.7. The molecule has 0 bridgehead atoms. The SMILES string of the molecule is O=C1Cc2ccccc2CN1c1ccc(O)cc1. The molecule has 3 rings (SSSR count). The smallest absolute Gasteiger partial charge is 0.231 e. The van der Waals surface area contributed by atoms with Crippen LogP contribution in [-0.2, 0) is 17.8 Å². The highest BCUT2D eigenvalue weighted by Crippen LogP contribution is 2.26. The molecule has 1 aliphatic heterocycles. The van der Waals surface area contributed by atoms with Crippen LogP contribution in [-0.4, -0.2) is 11.0 Å². The number of aromatic hydroxyl groups is 1. The van der Waals surface area contributed by atoms with E-state index in [0.717, 1.165) is 11.3 Å². The third-order valence-corrected chi connectivity index (χ3v) is 3.25. The number of phenolic OH excluding ortho intramolecular Hbond substituents is 1. The van der Waals surface area contributed by atoms with Crippen LogP contribution in [0.4, 0.5) is 5.69 Å².